The maximum Gasteiger partial charge on any atom is 0.149 e. The zero-order valence-electron chi connectivity index (χ0n) is 17.1. The first-order valence-electron chi connectivity index (χ1n) is 9.28. The van der Waals surface area contributed by atoms with Gasteiger partial charge in [-0.1, -0.05) is 29.3 Å². The highest BCUT2D eigenvalue weighted by atomic mass is 35.5. The van der Waals surface area contributed by atoms with Gasteiger partial charge in [0.2, 0.25) is 0 Å². The average Bonchev–Trinajstić information content (AvgIpc) is 2.74. The zero-order chi connectivity index (χ0) is 23.4. The number of hydrogen-bond acceptors (Lipinski definition) is 6. The topological polar surface area (TPSA) is 102 Å². The van der Waals surface area contributed by atoms with Crippen molar-refractivity contribution in [1.29, 1.82) is 5.41 Å². The van der Waals surface area contributed by atoms with E-state index >= 15 is 0 Å². The Morgan fingerprint density at radius 1 is 1.22 bits per heavy atom. The van der Waals surface area contributed by atoms with Crippen LogP contribution in [0.1, 0.15) is 29.7 Å². The SMILES string of the molecule is CC(Oc1ccc(N)c(C(=N)/C(F)=C/c2ccc(S(C)=O)nc2)c1)c1c(Cl)cncc1Cl. The molecule has 0 saturated carbocycles. The lowest BCUT2D eigenvalue weighted by molar-refractivity contribution is 0.227. The summed E-state index contributed by atoms with van der Waals surface area (Å²) in [6.07, 6.45) is 6.44. The van der Waals surface area contributed by atoms with Crippen molar-refractivity contribution in [2.75, 3.05) is 12.0 Å². The summed E-state index contributed by atoms with van der Waals surface area (Å²) in [4.78, 5) is 7.94. The van der Waals surface area contributed by atoms with Crippen molar-refractivity contribution in [3.8, 4) is 5.75 Å². The second kappa shape index (κ2) is 10.2. The largest absolute Gasteiger partial charge is 0.486 e. The van der Waals surface area contributed by atoms with E-state index in [-0.39, 0.29) is 11.3 Å². The molecule has 0 fully saturated rings. The molecule has 2 heterocycles. The van der Waals surface area contributed by atoms with Gasteiger partial charge in [0.25, 0.3) is 0 Å². The molecule has 6 nitrogen and oxygen atoms in total. The number of benzene rings is 1. The van der Waals surface area contributed by atoms with Gasteiger partial charge in [0.05, 0.1) is 26.6 Å². The number of hydrogen-bond donors (Lipinski definition) is 2. The molecule has 0 aliphatic rings. The highest BCUT2D eigenvalue weighted by Gasteiger charge is 2.18. The van der Waals surface area contributed by atoms with Crippen LogP contribution < -0.4 is 10.5 Å². The van der Waals surface area contributed by atoms with E-state index in [1.54, 1.807) is 25.1 Å². The third-order valence-corrected chi connectivity index (χ3v) is 5.92. The van der Waals surface area contributed by atoms with Gasteiger partial charge in [-0.05, 0) is 42.8 Å². The number of pyridine rings is 2. The molecule has 166 valence electrons. The van der Waals surface area contributed by atoms with Crippen LogP contribution in [0.5, 0.6) is 5.75 Å². The Hall–Kier alpha value is -2.81. The van der Waals surface area contributed by atoms with Crippen molar-refractivity contribution in [1.82, 2.24) is 9.97 Å². The van der Waals surface area contributed by atoms with Crippen LogP contribution in [0.2, 0.25) is 10.0 Å². The molecule has 32 heavy (non-hydrogen) atoms. The number of ether oxygens (including phenoxy) is 1. The van der Waals surface area contributed by atoms with Crippen molar-refractivity contribution in [2.45, 2.75) is 18.1 Å². The number of nitrogens with two attached hydrogens (primary N) is 1. The molecule has 0 spiro atoms. The Bertz CT molecular complexity index is 1200. The molecule has 2 unspecified atom stereocenters. The standard InChI is InChI=1S/C22H19Cl2FN4O2S/c1-12(21-16(23)10-28-11-17(21)24)31-14-4-5-19(26)15(8-14)22(27)18(25)7-13-3-6-20(29-9-13)32(2)30/h3-12,27H,26H2,1-2H3/b18-7-,27-22?. The minimum atomic E-state index is -1.23. The van der Waals surface area contributed by atoms with Crippen molar-refractivity contribution < 1.29 is 13.3 Å². The van der Waals surface area contributed by atoms with E-state index in [2.05, 4.69) is 9.97 Å². The molecule has 2 aromatic heterocycles. The van der Waals surface area contributed by atoms with Crippen LogP contribution in [0.15, 0.2) is 59.8 Å². The van der Waals surface area contributed by atoms with Gasteiger partial charge in [0.15, 0.2) is 0 Å². The van der Waals surface area contributed by atoms with Crippen LogP contribution >= 0.6 is 23.2 Å². The molecule has 3 N–H and O–H groups in total. The van der Waals surface area contributed by atoms with E-state index in [0.29, 0.717) is 31.9 Å². The van der Waals surface area contributed by atoms with E-state index in [9.17, 15) is 8.60 Å². The van der Waals surface area contributed by atoms with Crippen molar-refractivity contribution in [2.24, 2.45) is 0 Å². The first-order valence-corrected chi connectivity index (χ1v) is 11.6. The molecule has 0 bridgehead atoms. The normalized spacial score (nSPS) is 13.5. The number of aromatic nitrogens is 2. The van der Waals surface area contributed by atoms with Crippen LogP contribution in [0, 0.1) is 5.41 Å². The van der Waals surface area contributed by atoms with Gasteiger partial charge in [-0.15, -0.1) is 0 Å². The van der Waals surface area contributed by atoms with Crippen molar-refractivity contribution in [3.63, 3.8) is 0 Å². The molecule has 1 aromatic carbocycles. The summed E-state index contributed by atoms with van der Waals surface area (Å²) >= 11 is 12.4. The summed E-state index contributed by atoms with van der Waals surface area (Å²) in [7, 11) is -1.23. The third-order valence-electron chi connectivity index (χ3n) is 4.49. The van der Waals surface area contributed by atoms with Gasteiger partial charge in [-0.25, -0.2) is 9.37 Å². The Morgan fingerprint density at radius 2 is 1.91 bits per heavy atom. The molecule has 0 radical (unpaired) electrons. The summed E-state index contributed by atoms with van der Waals surface area (Å²) in [5, 5.41) is 9.34. The summed E-state index contributed by atoms with van der Waals surface area (Å²) in [6, 6.07) is 7.73. The monoisotopic (exact) mass is 492 g/mol. The predicted molar refractivity (Wildman–Crippen MR) is 127 cm³/mol. The molecule has 3 aromatic rings. The van der Waals surface area contributed by atoms with Crippen LogP contribution in [-0.2, 0) is 10.8 Å². The van der Waals surface area contributed by atoms with Crippen LogP contribution in [0.25, 0.3) is 6.08 Å². The number of nitrogens with zero attached hydrogens (tertiary/aromatic N) is 2. The first kappa shape index (κ1) is 23.8. The molecule has 0 aliphatic carbocycles. The van der Waals surface area contributed by atoms with Crippen LogP contribution in [-0.4, -0.2) is 26.1 Å². The van der Waals surface area contributed by atoms with E-state index in [0.717, 1.165) is 6.08 Å². The fourth-order valence-corrected chi connectivity index (χ4v) is 4.03. The fraction of sp³-hybridized carbons (Fsp3) is 0.136. The van der Waals surface area contributed by atoms with E-state index in [1.165, 1.54) is 37.0 Å². The van der Waals surface area contributed by atoms with E-state index < -0.39 is 28.4 Å². The quantitative estimate of drug-likeness (QED) is 0.329. The second-order valence-corrected chi connectivity index (χ2v) is 8.92. The predicted octanol–water partition coefficient (Wildman–Crippen LogP) is 5.62. The summed E-state index contributed by atoms with van der Waals surface area (Å²) in [6.45, 7) is 1.76. The fourth-order valence-electron chi connectivity index (χ4n) is 2.89. The minimum absolute atomic E-state index is 0.162. The van der Waals surface area contributed by atoms with Gasteiger partial charge >= 0.3 is 0 Å². The number of anilines is 1. The maximum atomic E-state index is 14.8. The highest BCUT2D eigenvalue weighted by molar-refractivity contribution is 7.84. The maximum absolute atomic E-state index is 14.8. The zero-order valence-corrected chi connectivity index (χ0v) is 19.4. The average molecular weight is 493 g/mol. The molecule has 10 heteroatoms. The molecule has 0 aliphatic heterocycles. The number of rotatable bonds is 7. The Kier molecular flexibility index (Phi) is 7.60. The summed E-state index contributed by atoms with van der Waals surface area (Å²) in [5.74, 6) is -0.450. The third kappa shape index (κ3) is 5.51. The van der Waals surface area contributed by atoms with Crippen molar-refractivity contribution in [3.05, 3.63) is 81.5 Å². The molecular formula is C22H19Cl2FN4O2S. The summed E-state index contributed by atoms with van der Waals surface area (Å²) in [5.41, 5.74) is 6.92. The van der Waals surface area contributed by atoms with Crippen molar-refractivity contribution >= 4 is 51.5 Å². The number of nitrogen functional groups attached to an aromatic ring is 1. The minimum Gasteiger partial charge on any atom is -0.486 e. The number of nitrogens with one attached hydrogen (secondary N) is 1. The molecule has 0 saturated heterocycles. The van der Waals surface area contributed by atoms with E-state index in [1.807, 2.05) is 0 Å². The Morgan fingerprint density at radius 3 is 2.50 bits per heavy atom. The van der Waals surface area contributed by atoms with Gasteiger partial charge in [0, 0.05) is 41.7 Å². The van der Waals surface area contributed by atoms with E-state index in [4.69, 9.17) is 39.1 Å². The lowest BCUT2D eigenvalue weighted by Crippen LogP contribution is -2.08. The lowest BCUT2D eigenvalue weighted by atomic mass is 10.1. The van der Waals surface area contributed by atoms with Crippen LogP contribution in [0.3, 0.4) is 0 Å². The smallest absolute Gasteiger partial charge is 0.149 e. The van der Waals surface area contributed by atoms with Gasteiger partial charge in [0.1, 0.15) is 22.7 Å². The molecular weight excluding hydrogens is 474 g/mol. The Labute approximate surface area is 197 Å². The van der Waals surface area contributed by atoms with Gasteiger partial charge < -0.3 is 10.5 Å². The highest BCUT2D eigenvalue weighted by Crippen LogP contribution is 2.33. The van der Waals surface area contributed by atoms with Gasteiger partial charge in [-0.2, -0.15) is 0 Å². The number of halogens is 3. The Balaban J connectivity index is 1.84. The first-order chi connectivity index (χ1) is 15.2. The lowest BCUT2D eigenvalue weighted by Gasteiger charge is -2.18. The number of allylic oxidation sites excluding steroid dienone is 1. The molecule has 2 atom stereocenters. The van der Waals surface area contributed by atoms with Crippen LogP contribution in [0.4, 0.5) is 10.1 Å². The molecule has 0 amide bonds. The summed E-state index contributed by atoms with van der Waals surface area (Å²) < 4.78 is 32.1. The second-order valence-electron chi connectivity index (χ2n) is 6.78. The van der Waals surface area contributed by atoms with Gasteiger partial charge in [-0.3, -0.25) is 14.6 Å². The molecule has 3 rings (SSSR count).